The lowest BCUT2D eigenvalue weighted by Crippen LogP contribution is -2.49. The highest BCUT2D eigenvalue weighted by atomic mass is 79.9. The van der Waals surface area contributed by atoms with Crippen LogP contribution in [0.1, 0.15) is 13.8 Å². The van der Waals surface area contributed by atoms with Crippen molar-refractivity contribution in [2.24, 2.45) is 5.92 Å². The maximum Gasteiger partial charge on any atom is 0.247 e. The van der Waals surface area contributed by atoms with E-state index in [1.807, 2.05) is 25.9 Å². The summed E-state index contributed by atoms with van der Waals surface area (Å²) in [6, 6.07) is 4.43. The van der Waals surface area contributed by atoms with Gasteiger partial charge in [-0.2, -0.15) is 4.31 Å². The van der Waals surface area contributed by atoms with Gasteiger partial charge >= 0.3 is 0 Å². The van der Waals surface area contributed by atoms with Crippen LogP contribution in [0.5, 0.6) is 5.75 Å². The van der Waals surface area contributed by atoms with Gasteiger partial charge in [0, 0.05) is 29.5 Å². The van der Waals surface area contributed by atoms with Crippen molar-refractivity contribution >= 4 is 26.0 Å². The second-order valence-electron chi connectivity index (χ2n) is 6.59. The Labute approximate surface area is 152 Å². The summed E-state index contributed by atoms with van der Waals surface area (Å²) in [7, 11) is 0.178. The lowest BCUT2D eigenvalue weighted by atomic mass is 10.0. The van der Waals surface area contributed by atoms with Gasteiger partial charge in [-0.15, -0.1) is 0 Å². The minimum Gasteiger partial charge on any atom is -0.487 e. The molecule has 0 fully saturated rings. The predicted octanol–water partition coefficient (Wildman–Crippen LogP) is 1.78. The number of sulfonamides is 1. The molecule has 1 N–H and O–H groups in total. The van der Waals surface area contributed by atoms with Gasteiger partial charge in [-0.3, -0.25) is 0 Å². The van der Waals surface area contributed by atoms with Gasteiger partial charge in [0.15, 0.2) is 0 Å². The van der Waals surface area contributed by atoms with Crippen molar-refractivity contribution in [3.63, 3.8) is 0 Å². The fraction of sp³-hybridized carbons (Fsp3) is 0.625. The second kappa shape index (κ2) is 7.70. The zero-order chi connectivity index (χ0) is 18.1. The highest BCUT2D eigenvalue weighted by Crippen LogP contribution is 2.35. The zero-order valence-electron chi connectivity index (χ0n) is 14.4. The van der Waals surface area contributed by atoms with Crippen molar-refractivity contribution in [2.75, 3.05) is 33.8 Å². The van der Waals surface area contributed by atoms with E-state index < -0.39 is 16.1 Å². The van der Waals surface area contributed by atoms with E-state index in [1.165, 1.54) is 4.31 Å². The number of ether oxygens (including phenoxy) is 1. The number of rotatable bonds is 4. The van der Waals surface area contributed by atoms with Crippen LogP contribution in [0.15, 0.2) is 27.6 Å². The van der Waals surface area contributed by atoms with E-state index in [1.54, 1.807) is 25.1 Å². The Bertz CT molecular complexity index is 681. The Balaban J connectivity index is 2.57. The summed E-state index contributed by atoms with van der Waals surface area (Å²) in [6.45, 7) is 4.44. The minimum absolute atomic E-state index is 0.0247. The first-order valence-electron chi connectivity index (χ1n) is 7.90. The highest BCUT2D eigenvalue weighted by molar-refractivity contribution is 9.10. The molecule has 0 amide bonds. The van der Waals surface area contributed by atoms with Gasteiger partial charge in [-0.25, -0.2) is 8.42 Å². The number of benzene rings is 1. The predicted molar refractivity (Wildman–Crippen MR) is 96.7 cm³/mol. The van der Waals surface area contributed by atoms with Crippen LogP contribution in [0.3, 0.4) is 0 Å². The summed E-state index contributed by atoms with van der Waals surface area (Å²) in [5, 5.41) is 9.52. The molecule has 6 nitrogen and oxygen atoms in total. The molecule has 0 saturated carbocycles. The molecular weight excluding hydrogens is 396 g/mol. The summed E-state index contributed by atoms with van der Waals surface area (Å²) >= 11 is 3.38. The van der Waals surface area contributed by atoms with E-state index in [-0.39, 0.29) is 23.5 Å². The number of aliphatic hydroxyl groups is 1. The van der Waals surface area contributed by atoms with Gasteiger partial charge in [0.05, 0.1) is 6.61 Å². The van der Waals surface area contributed by atoms with Crippen LogP contribution in [0.2, 0.25) is 0 Å². The van der Waals surface area contributed by atoms with E-state index in [4.69, 9.17) is 4.74 Å². The number of aliphatic hydroxyl groups excluding tert-OH is 1. The van der Waals surface area contributed by atoms with E-state index >= 15 is 0 Å². The number of hydrogen-bond donors (Lipinski definition) is 1. The van der Waals surface area contributed by atoms with Crippen molar-refractivity contribution in [3.05, 3.63) is 22.7 Å². The second-order valence-corrected chi connectivity index (χ2v) is 9.37. The summed E-state index contributed by atoms with van der Waals surface area (Å²) in [4.78, 5) is 2.16. The van der Waals surface area contributed by atoms with Gasteiger partial charge in [0.2, 0.25) is 10.0 Å². The molecule has 1 aliphatic rings. The molecule has 0 aromatic heterocycles. The molecule has 1 aromatic carbocycles. The van der Waals surface area contributed by atoms with Crippen molar-refractivity contribution in [3.8, 4) is 5.75 Å². The molecule has 1 heterocycles. The number of nitrogens with zero attached hydrogens (tertiary/aromatic N) is 2. The molecule has 1 aromatic rings. The van der Waals surface area contributed by atoms with Crippen molar-refractivity contribution in [2.45, 2.75) is 30.9 Å². The van der Waals surface area contributed by atoms with Crippen LogP contribution in [0.4, 0.5) is 0 Å². The summed E-state index contributed by atoms with van der Waals surface area (Å²) in [5.41, 5.74) is 0. The van der Waals surface area contributed by atoms with Crippen molar-refractivity contribution in [1.29, 1.82) is 0 Å². The molecule has 2 rings (SSSR count). The Morgan fingerprint density at radius 3 is 2.71 bits per heavy atom. The standard InChI is InChI=1S/C16H25BrN2O4S/c1-11-8-19(12(2)10-20)24(21,22)16-6-5-13(17)7-14(16)23-15(11)9-18(3)4/h5-7,11-12,15,20H,8-10H2,1-4H3/t11-,12-,15+/m1/s1. The van der Waals surface area contributed by atoms with E-state index in [2.05, 4.69) is 15.9 Å². The molecule has 0 radical (unpaired) electrons. The van der Waals surface area contributed by atoms with E-state index in [0.29, 0.717) is 18.8 Å². The SMILES string of the molecule is C[C@@H]1CN([C@H](C)CO)S(=O)(=O)c2ccc(Br)cc2O[C@H]1CN(C)C. The monoisotopic (exact) mass is 420 g/mol. The molecular formula is C16H25BrN2O4S. The Morgan fingerprint density at radius 1 is 1.46 bits per heavy atom. The first-order chi connectivity index (χ1) is 11.2. The summed E-state index contributed by atoms with van der Waals surface area (Å²) in [5.74, 6) is 0.321. The lowest BCUT2D eigenvalue weighted by Gasteiger charge is -2.37. The molecule has 0 spiro atoms. The maximum atomic E-state index is 13.1. The van der Waals surface area contributed by atoms with Crippen LogP contribution in [0.25, 0.3) is 0 Å². The maximum absolute atomic E-state index is 13.1. The normalized spacial score (nSPS) is 25.5. The number of fused-ring (bicyclic) bond motifs is 1. The molecule has 3 atom stereocenters. The molecule has 0 unspecified atom stereocenters. The average Bonchev–Trinajstić information content (AvgIpc) is 2.49. The van der Waals surface area contributed by atoms with E-state index in [0.717, 1.165) is 4.47 Å². The van der Waals surface area contributed by atoms with Gasteiger partial charge < -0.3 is 14.7 Å². The number of halogens is 1. The third-order valence-electron chi connectivity index (χ3n) is 4.17. The van der Waals surface area contributed by atoms with Gasteiger partial charge in [0.25, 0.3) is 0 Å². The quantitative estimate of drug-likeness (QED) is 0.803. The van der Waals surface area contributed by atoms with Gasteiger partial charge in [-0.05, 0) is 39.2 Å². The number of likely N-dealkylation sites (N-methyl/N-ethyl adjacent to an activating group) is 1. The smallest absolute Gasteiger partial charge is 0.247 e. The molecule has 24 heavy (non-hydrogen) atoms. The summed E-state index contributed by atoms with van der Waals surface area (Å²) in [6.07, 6.45) is -0.156. The third-order valence-corrected chi connectivity index (χ3v) is 6.69. The van der Waals surface area contributed by atoms with Crippen molar-refractivity contribution in [1.82, 2.24) is 9.21 Å². The van der Waals surface area contributed by atoms with Crippen LogP contribution in [-0.4, -0.2) is 68.7 Å². The molecule has 1 aliphatic heterocycles. The minimum atomic E-state index is -3.74. The molecule has 0 saturated heterocycles. The molecule has 0 bridgehead atoms. The Kier molecular flexibility index (Phi) is 6.30. The number of hydrogen-bond acceptors (Lipinski definition) is 5. The largest absolute Gasteiger partial charge is 0.487 e. The average molecular weight is 421 g/mol. The van der Waals surface area contributed by atoms with Crippen molar-refractivity contribution < 1.29 is 18.3 Å². The lowest BCUT2D eigenvalue weighted by molar-refractivity contribution is 0.0812. The summed E-state index contributed by atoms with van der Waals surface area (Å²) < 4.78 is 34.4. The molecule has 136 valence electrons. The topological polar surface area (TPSA) is 70.1 Å². The highest BCUT2D eigenvalue weighted by Gasteiger charge is 2.37. The van der Waals surface area contributed by atoms with E-state index in [9.17, 15) is 13.5 Å². The molecule has 0 aliphatic carbocycles. The molecule has 8 heteroatoms. The van der Waals surface area contributed by atoms with Crippen LogP contribution < -0.4 is 4.74 Å². The Morgan fingerprint density at radius 2 is 2.12 bits per heavy atom. The van der Waals surface area contributed by atoms with Crippen LogP contribution in [0, 0.1) is 5.92 Å². The zero-order valence-corrected chi connectivity index (χ0v) is 16.8. The fourth-order valence-electron chi connectivity index (χ4n) is 2.78. The van der Waals surface area contributed by atoms with Crippen LogP contribution >= 0.6 is 15.9 Å². The first kappa shape index (κ1) is 19.7. The first-order valence-corrected chi connectivity index (χ1v) is 10.1. The Hall–Kier alpha value is -0.670. The van der Waals surface area contributed by atoms with Crippen LogP contribution in [-0.2, 0) is 10.0 Å². The van der Waals surface area contributed by atoms with Gasteiger partial charge in [0.1, 0.15) is 16.7 Å². The fourth-order valence-corrected chi connectivity index (χ4v) is 4.94. The third kappa shape index (κ3) is 4.11. The van der Waals surface area contributed by atoms with Gasteiger partial charge in [-0.1, -0.05) is 22.9 Å².